The zero-order valence-corrected chi connectivity index (χ0v) is 10.2. The minimum absolute atomic E-state index is 0.346. The highest BCUT2D eigenvalue weighted by molar-refractivity contribution is 5.20. The summed E-state index contributed by atoms with van der Waals surface area (Å²) < 4.78 is 0. The molecule has 0 aromatic rings. The molecule has 0 nitrogen and oxygen atoms in total. The molecule has 0 aromatic heterocycles. The first-order valence-electron chi connectivity index (χ1n) is 5.40. The fourth-order valence-electron chi connectivity index (χ4n) is 2.48. The number of hydrogen-bond donors (Lipinski definition) is 0. The molecule has 2 unspecified atom stereocenters. The summed E-state index contributed by atoms with van der Waals surface area (Å²) in [6.45, 7) is 16.6. The standard InChI is InChI=1S/C13H24/c1-9-8-10(2)12(4,5)13(6,7)11(9)3/h8-9,11H,1-7H3. The third-order valence-corrected chi connectivity index (χ3v) is 5.04. The van der Waals surface area contributed by atoms with E-state index in [2.05, 4.69) is 54.5 Å². The van der Waals surface area contributed by atoms with E-state index in [-0.39, 0.29) is 0 Å². The Balaban J connectivity index is 3.19. The van der Waals surface area contributed by atoms with Crippen molar-refractivity contribution < 1.29 is 0 Å². The van der Waals surface area contributed by atoms with Crippen molar-refractivity contribution in [3.8, 4) is 0 Å². The lowest BCUT2D eigenvalue weighted by molar-refractivity contribution is 0.0429. The average Bonchev–Trinajstić information content (AvgIpc) is 2.00. The molecule has 0 amide bonds. The van der Waals surface area contributed by atoms with Gasteiger partial charge in [-0.25, -0.2) is 0 Å². The van der Waals surface area contributed by atoms with Gasteiger partial charge < -0.3 is 0 Å². The summed E-state index contributed by atoms with van der Waals surface area (Å²) in [7, 11) is 0. The van der Waals surface area contributed by atoms with Crippen molar-refractivity contribution in [1.82, 2.24) is 0 Å². The second kappa shape index (κ2) is 2.87. The summed E-state index contributed by atoms with van der Waals surface area (Å²) in [5, 5.41) is 0. The molecule has 0 aliphatic heterocycles. The SMILES string of the molecule is CC1=CC(C)C(C)C(C)(C)C1(C)C. The zero-order chi connectivity index (χ0) is 10.4. The molecular formula is C13H24. The van der Waals surface area contributed by atoms with Crippen LogP contribution < -0.4 is 0 Å². The van der Waals surface area contributed by atoms with Crippen molar-refractivity contribution in [3.63, 3.8) is 0 Å². The van der Waals surface area contributed by atoms with E-state index < -0.39 is 0 Å². The van der Waals surface area contributed by atoms with Crippen LogP contribution in [-0.4, -0.2) is 0 Å². The molecule has 0 fully saturated rings. The van der Waals surface area contributed by atoms with Crippen LogP contribution in [0.2, 0.25) is 0 Å². The molecule has 0 radical (unpaired) electrons. The normalized spacial score (nSPS) is 37.0. The van der Waals surface area contributed by atoms with E-state index in [1.165, 1.54) is 0 Å². The molecule has 1 rings (SSSR count). The molecule has 0 saturated carbocycles. The van der Waals surface area contributed by atoms with Gasteiger partial charge in [-0.3, -0.25) is 0 Å². The van der Waals surface area contributed by atoms with E-state index in [1.54, 1.807) is 5.57 Å². The average molecular weight is 180 g/mol. The molecule has 0 heteroatoms. The summed E-state index contributed by atoms with van der Waals surface area (Å²) in [5.41, 5.74) is 2.31. The highest BCUT2D eigenvalue weighted by Crippen LogP contribution is 2.54. The van der Waals surface area contributed by atoms with Gasteiger partial charge in [0.2, 0.25) is 0 Å². The predicted molar refractivity (Wildman–Crippen MR) is 59.6 cm³/mol. The number of hydrogen-bond acceptors (Lipinski definition) is 0. The van der Waals surface area contributed by atoms with E-state index in [9.17, 15) is 0 Å². The molecule has 0 aromatic carbocycles. The number of rotatable bonds is 0. The van der Waals surface area contributed by atoms with E-state index in [0.29, 0.717) is 10.8 Å². The Morgan fingerprint density at radius 3 is 2.00 bits per heavy atom. The van der Waals surface area contributed by atoms with Crippen LogP contribution >= 0.6 is 0 Å². The van der Waals surface area contributed by atoms with Gasteiger partial charge in [0.05, 0.1) is 0 Å². The van der Waals surface area contributed by atoms with Gasteiger partial charge in [0, 0.05) is 0 Å². The fourth-order valence-corrected chi connectivity index (χ4v) is 2.48. The predicted octanol–water partition coefficient (Wildman–Crippen LogP) is 4.27. The molecule has 2 atom stereocenters. The lowest BCUT2D eigenvalue weighted by Gasteiger charge is -2.52. The number of allylic oxidation sites excluding steroid dienone is 2. The fraction of sp³-hybridized carbons (Fsp3) is 0.846. The van der Waals surface area contributed by atoms with Crippen molar-refractivity contribution in [1.29, 1.82) is 0 Å². The van der Waals surface area contributed by atoms with E-state index in [4.69, 9.17) is 0 Å². The van der Waals surface area contributed by atoms with E-state index >= 15 is 0 Å². The molecule has 0 bridgehead atoms. The van der Waals surface area contributed by atoms with Crippen molar-refractivity contribution in [2.24, 2.45) is 22.7 Å². The van der Waals surface area contributed by atoms with Crippen LogP contribution in [0.5, 0.6) is 0 Å². The lowest BCUT2D eigenvalue weighted by Crippen LogP contribution is -2.44. The van der Waals surface area contributed by atoms with Crippen LogP contribution in [0, 0.1) is 22.7 Å². The minimum Gasteiger partial charge on any atom is -0.0819 e. The maximum absolute atomic E-state index is 2.45. The van der Waals surface area contributed by atoms with Crippen LogP contribution in [0.4, 0.5) is 0 Å². The highest BCUT2D eigenvalue weighted by Gasteiger charge is 2.46. The van der Waals surface area contributed by atoms with Crippen molar-refractivity contribution in [2.45, 2.75) is 48.5 Å². The highest BCUT2D eigenvalue weighted by atomic mass is 14.5. The summed E-state index contributed by atoms with van der Waals surface area (Å²) in [6.07, 6.45) is 2.45. The van der Waals surface area contributed by atoms with Gasteiger partial charge in [-0.05, 0) is 29.6 Å². The molecule has 76 valence electrons. The second-order valence-corrected chi connectivity index (χ2v) is 5.84. The Morgan fingerprint density at radius 2 is 1.54 bits per heavy atom. The molecule has 0 spiro atoms. The van der Waals surface area contributed by atoms with Gasteiger partial charge in [0.25, 0.3) is 0 Å². The summed E-state index contributed by atoms with van der Waals surface area (Å²) in [4.78, 5) is 0. The first-order chi connectivity index (χ1) is 5.71. The molecule has 0 saturated heterocycles. The molecule has 0 heterocycles. The van der Waals surface area contributed by atoms with Gasteiger partial charge in [-0.15, -0.1) is 0 Å². The van der Waals surface area contributed by atoms with Crippen LogP contribution in [0.25, 0.3) is 0 Å². The maximum atomic E-state index is 2.45. The summed E-state index contributed by atoms with van der Waals surface area (Å²) >= 11 is 0. The van der Waals surface area contributed by atoms with Gasteiger partial charge in [-0.1, -0.05) is 53.2 Å². The smallest absolute Gasteiger partial charge is 0.00935 e. The molecule has 13 heavy (non-hydrogen) atoms. The second-order valence-electron chi connectivity index (χ2n) is 5.84. The zero-order valence-electron chi connectivity index (χ0n) is 10.2. The third kappa shape index (κ3) is 1.35. The van der Waals surface area contributed by atoms with Crippen LogP contribution in [0.15, 0.2) is 11.6 Å². The molecular weight excluding hydrogens is 156 g/mol. The van der Waals surface area contributed by atoms with Gasteiger partial charge in [0.1, 0.15) is 0 Å². The first kappa shape index (κ1) is 10.8. The lowest BCUT2D eigenvalue weighted by atomic mass is 9.53. The summed E-state index contributed by atoms with van der Waals surface area (Å²) in [5.74, 6) is 1.49. The monoisotopic (exact) mass is 180 g/mol. The Kier molecular flexibility index (Phi) is 2.38. The van der Waals surface area contributed by atoms with Crippen molar-refractivity contribution in [3.05, 3.63) is 11.6 Å². The van der Waals surface area contributed by atoms with Gasteiger partial charge >= 0.3 is 0 Å². The third-order valence-electron chi connectivity index (χ3n) is 5.04. The minimum atomic E-state index is 0.346. The largest absolute Gasteiger partial charge is 0.0819 e. The molecule has 0 N–H and O–H groups in total. The van der Waals surface area contributed by atoms with Crippen molar-refractivity contribution in [2.75, 3.05) is 0 Å². The van der Waals surface area contributed by atoms with Crippen LogP contribution in [-0.2, 0) is 0 Å². The topological polar surface area (TPSA) is 0 Å². The maximum Gasteiger partial charge on any atom is -0.00935 e. The Hall–Kier alpha value is -0.260. The molecule has 1 aliphatic carbocycles. The van der Waals surface area contributed by atoms with Crippen LogP contribution in [0.3, 0.4) is 0 Å². The molecule has 1 aliphatic rings. The van der Waals surface area contributed by atoms with Crippen LogP contribution in [0.1, 0.15) is 48.5 Å². The summed E-state index contributed by atoms with van der Waals surface area (Å²) in [6, 6.07) is 0. The Bertz CT molecular complexity index is 230. The van der Waals surface area contributed by atoms with Gasteiger partial charge in [-0.2, -0.15) is 0 Å². The Morgan fingerprint density at radius 1 is 1.08 bits per heavy atom. The first-order valence-corrected chi connectivity index (χ1v) is 5.40. The Labute approximate surface area is 83.4 Å². The van der Waals surface area contributed by atoms with Gasteiger partial charge in [0.15, 0.2) is 0 Å². The quantitative estimate of drug-likeness (QED) is 0.488. The van der Waals surface area contributed by atoms with Crippen molar-refractivity contribution >= 4 is 0 Å². The van der Waals surface area contributed by atoms with E-state index in [1.807, 2.05) is 0 Å². The van der Waals surface area contributed by atoms with E-state index in [0.717, 1.165) is 11.8 Å².